The zero-order chi connectivity index (χ0) is 19.9. The van der Waals surface area contributed by atoms with Crippen LogP contribution in [0.2, 0.25) is 0 Å². The van der Waals surface area contributed by atoms with Crippen molar-refractivity contribution in [2.24, 2.45) is 0 Å². The maximum atomic E-state index is 12.7. The summed E-state index contributed by atoms with van der Waals surface area (Å²) >= 11 is 2.95. The number of aromatic nitrogens is 3. The van der Waals surface area contributed by atoms with Crippen LogP contribution >= 0.6 is 23.1 Å². The summed E-state index contributed by atoms with van der Waals surface area (Å²) in [5.41, 5.74) is 3.80. The van der Waals surface area contributed by atoms with Gasteiger partial charge in [0.25, 0.3) is 5.91 Å². The van der Waals surface area contributed by atoms with E-state index in [-0.39, 0.29) is 5.91 Å². The Morgan fingerprint density at radius 3 is 2.76 bits per heavy atom. The van der Waals surface area contributed by atoms with E-state index in [9.17, 15) is 4.79 Å². The maximum Gasteiger partial charge on any atom is 0.255 e. The third-order valence-electron chi connectivity index (χ3n) is 3.81. The van der Waals surface area contributed by atoms with E-state index in [0.717, 1.165) is 15.7 Å². The Hall–Kier alpha value is -3.23. The molecule has 1 amide bonds. The minimum Gasteiger partial charge on any atom is -0.487 e. The van der Waals surface area contributed by atoms with Crippen LogP contribution in [0.1, 0.15) is 16.1 Å². The fourth-order valence-electron chi connectivity index (χ4n) is 2.45. The molecule has 0 aliphatic heterocycles. The molecule has 4 rings (SSSR count). The Kier molecular flexibility index (Phi) is 6.13. The number of hydrogen-bond donors (Lipinski definition) is 1. The van der Waals surface area contributed by atoms with E-state index in [2.05, 4.69) is 20.3 Å². The number of benzene rings is 1. The fourth-order valence-corrected chi connectivity index (χ4v) is 3.77. The number of nitrogens with zero attached hydrogens (tertiary/aromatic N) is 3. The van der Waals surface area contributed by atoms with Gasteiger partial charge in [0.15, 0.2) is 0 Å². The molecule has 8 heteroatoms. The number of thiazole rings is 1. The van der Waals surface area contributed by atoms with E-state index in [4.69, 9.17) is 4.74 Å². The zero-order valence-corrected chi connectivity index (χ0v) is 16.8. The lowest BCUT2D eigenvalue weighted by Crippen LogP contribution is -2.12. The van der Waals surface area contributed by atoms with Gasteiger partial charge in [0.05, 0.1) is 11.2 Å². The molecule has 0 atom stereocenters. The van der Waals surface area contributed by atoms with Crippen LogP contribution in [-0.4, -0.2) is 20.9 Å². The van der Waals surface area contributed by atoms with Gasteiger partial charge < -0.3 is 10.1 Å². The summed E-state index contributed by atoms with van der Waals surface area (Å²) in [6.07, 6.45) is 3.39. The lowest BCUT2D eigenvalue weighted by Gasteiger charge is -2.09. The van der Waals surface area contributed by atoms with Crippen LogP contribution in [0.3, 0.4) is 0 Å². The number of pyridine rings is 2. The summed E-state index contributed by atoms with van der Waals surface area (Å²) in [4.78, 5) is 25.4. The molecule has 1 N–H and O–H groups in total. The SMILES string of the molecule is O=C(Nc1ccnc(Sc2ccccn2)c1)c1cccc(OCc2cscn2)c1. The molecule has 0 saturated carbocycles. The van der Waals surface area contributed by atoms with Gasteiger partial charge in [0.2, 0.25) is 0 Å². The van der Waals surface area contributed by atoms with E-state index in [1.807, 2.05) is 35.7 Å². The molecule has 144 valence electrons. The first kappa shape index (κ1) is 19.1. The second-order valence-corrected chi connectivity index (χ2v) is 7.66. The Morgan fingerprint density at radius 1 is 1.00 bits per heavy atom. The Labute approximate surface area is 176 Å². The van der Waals surface area contributed by atoms with Gasteiger partial charge >= 0.3 is 0 Å². The average Bonchev–Trinajstić information content (AvgIpc) is 3.27. The minimum atomic E-state index is -0.218. The summed E-state index contributed by atoms with van der Waals surface area (Å²) in [6.45, 7) is 0.368. The molecule has 3 aromatic heterocycles. The number of ether oxygens (including phenoxy) is 1. The van der Waals surface area contributed by atoms with Crippen LogP contribution in [0.15, 0.2) is 87.9 Å². The van der Waals surface area contributed by atoms with Gasteiger partial charge in [0.1, 0.15) is 22.4 Å². The van der Waals surface area contributed by atoms with Gasteiger partial charge in [-0.05, 0) is 42.5 Å². The largest absolute Gasteiger partial charge is 0.487 e. The van der Waals surface area contributed by atoms with E-state index in [1.54, 1.807) is 42.2 Å². The van der Waals surface area contributed by atoms with E-state index >= 15 is 0 Å². The minimum absolute atomic E-state index is 0.218. The van der Waals surface area contributed by atoms with Gasteiger partial charge in [-0.25, -0.2) is 15.0 Å². The van der Waals surface area contributed by atoms with Crippen molar-refractivity contribution in [2.75, 3.05) is 5.32 Å². The zero-order valence-electron chi connectivity index (χ0n) is 15.2. The molecule has 0 bridgehead atoms. The quantitative estimate of drug-likeness (QED) is 0.457. The van der Waals surface area contributed by atoms with Crippen molar-refractivity contribution in [3.8, 4) is 5.75 Å². The Morgan fingerprint density at radius 2 is 1.93 bits per heavy atom. The molecule has 0 aliphatic rings. The van der Waals surface area contributed by atoms with E-state index in [1.165, 1.54) is 23.1 Å². The summed E-state index contributed by atoms with van der Waals surface area (Å²) < 4.78 is 5.72. The van der Waals surface area contributed by atoms with Gasteiger partial charge in [0, 0.05) is 29.0 Å². The summed E-state index contributed by atoms with van der Waals surface area (Å²) in [5, 5.41) is 6.43. The molecule has 0 aliphatic carbocycles. The van der Waals surface area contributed by atoms with Gasteiger partial charge in [-0.1, -0.05) is 23.9 Å². The molecule has 3 heterocycles. The Balaban J connectivity index is 1.41. The van der Waals surface area contributed by atoms with Crippen molar-refractivity contribution in [2.45, 2.75) is 16.7 Å². The second-order valence-electron chi connectivity index (χ2n) is 5.90. The third-order valence-corrected chi connectivity index (χ3v) is 5.32. The molecule has 29 heavy (non-hydrogen) atoms. The fraction of sp³-hybridized carbons (Fsp3) is 0.0476. The molecule has 6 nitrogen and oxygen atoms in total. The lowest BCUT2D eigenvalue weighted by molar-refractivity contribution is 0.102. The lowest BCUT2D eigenvalue weighted by atomic mass is 10.2. The monoisotopic (exact) mass is 420 g/mol. The van der Waals surface area contributed by atoms with Crippen LogP contribution < -0.4 is 10.1 Å². The summed E-state index contributed by atoms with van der Waals surface area (Å²) in [7, 11) is 0. The maximum absolute atomic E-state index is 12.7. The van der Waals surface area contributed by atoms with Gasteiger partial charge in [-0.15, -0.1) is 11.3 Å². The van der Waals surface area contributed by atoms with Crippen molar-refractivity contribution in [3.63, 3.8) is 0 Å². The molecule has 0 fully saturated rings. The predicted octanol–water partition coefficient (Wildman–Crippen LogP) is 4.92. The molecule has 4 aromatic rings. The van der Waals surface area contributed by atoms with Crippen LogP contribution in [0, 0.1) is 0 Å². The second kappa shape index (κ2) is 9.31. The first-order valence-electron chi connectivity index (χ1n) is 8.72. The highest BCUT2D eigenvalue weighted by atomic mass is 32.2. The molecular formula is C21H16N4O2S2. The van der Waals surface area contributed by atoms with Crippen molar-refractivity contribution in [1.82, 2.24) is 15.0 Å². The first-order valence-corrected chi connectivity index (χ1v) is 10.5. The highest BCUT2D eigenvalue weighted by molar-refractivity contribution is 7.99. The average molecular weight is 421 g/mol. The number of rotatable bonds is 7. The number of carbonyl (C=O) groups excluding carboxylic acids is 1. The van der Waals surface area contributed by atoms with E-state index in [0.29, 0.717) is 23.6 Å². The molecule has 0 saturated heterocycles. The number of hydrogen-bond acceptors (Lipinski definition) is 7. The van der Waals surface area contributed by atoms with E-state index < -0.39 is 0 Å². The molecular weight excluding hydrogens is 404 g/mol. The molecule has 0 unspecified atom stereocenters. The van der Waals surface area contributed by atoms with Crippen molar-refractivity contribution < 1.29 is 9.53 Å². The summed E-state index contributed by atoms with van der Waals surface area (Å²) in [5.74, 6) is 0.399. The number of nitrogens with one attached hydrogen (secondary N) is 1. The highest BCUT2D eigenvalue weighted by Gasteiger charge is 2.09. The topological polar surface area (TPSA) is 77.0 Å². The molecule has 1 aromatic carbocycles. The van der Waals surface area contributed by atoms with Crippen LogP contribution in [0.4, 0.5) is 5.69 Å². The number of amides is 1. The normalized spacial score (nSPS) is 10.5. The van der Waals surface area contributed by atoms with Crippen LogP contribution in [-0.2, 0) is 6.61 Å². The Bertz CT molecular complexity index is 1090. The van der Waals surface area contributed by atoms with Gasteiger partial charge in [-0.2, -0.15) is 0 Å². The first-order chi connectivity index (χ1) is 14.3. The van der Waals surface area contributed by atoms with Crippen LogP contribution in [0.25, 0.3) is 0 Å². The number of carbonyl (C=O) groups is 1. The van der Waals surface area contributed by atoms with Crippen LogP contribution in [0.5, 0.6) is 5.75 Å². The summed E-state index contributed by atoms with van der Waals surface area (Å²) in [6, 6.07) is 16.3. The van der Waals surface area contributed by atoms with Gasteiger partial charge in [-0.3, -0.25) is 4.79 Å². The highest BCUT2D eigenvalue weighted by Crippen LogP contribution is 2.26. The smallest absolute Gasteiger partial charge is 0.255 e. The van der Waals surface area contributed by atoms with Crippen molar-refractivity contribution in [3.05, 3.63) is 89.1 Å². The van der Waals surface area contributed by atoms with Crippen molar-refractivity contribution in [1.29, 1.82) is 0 Å². The van der Waals surface area contributed by atoms with Crippen molar-refractivity contribution >= 4 is 34.7 Å². The number of anilines is 1. The molecule has 0 radical (unpaired) electrons. The molecule has 0 spiro atoms. The predicted molar refractivity (Wildman–Crippen MR) is 113 cm³/mol. The third kappa shape index (κ3) is 5.40. The standard InChI is InChI=1S/C21H16N4O2S2/c26-21(15-4-3-5-18(10-15)27-12-17-13-28-14-24-17)25-16-7-9-23-20(11-16)29-19-6-1-2-8-22-19/h1-11,13-14H,12H2,(H,23,25,26).